The molecule has 0 amide bonds. The van der Waals surface area contributed by atoms with E-state index in [0.717, 1.165) is 12.2 Å². The van der Waals surface area contributed by atoms with Gasteiger partial charge in [-0.05, 0) is 24.2 Å². The number of benzene rings is 1. The van der Waals surface area contributed by atoms with E-state index < -0.39 is 6.67 Å². The molecule has 0 spiro atoms. The van der Waals surface area contributed by atoms with Gasteiger partial charge in [-0.15, -0.1) is 0 Å². The zero-order valence-corrected chi connectivity index (χ0v) is 9.70. The predicted molar refractivity (Wildman–Crippen MR) is 65.6 cm³/mol. The first-order chi connectivity index (χ1) is 8.24. The zero-order valence-electron chi connectivity index (χ0n) is 9.70. The van der Waals surface area contributed by atoms with Crippen LogP contribution in [0, 0.1) is 0 Å². The Kier molecular flexibility index (Phi) is 3.54. The largest absolute Gasteiger partial charge is 0.507 e. The fraction of sp³-hybridized carbons (Fsp3) is 0.308. The number of nitrogens with one attached hydrogen (secondary N) is 1. The van der Waals surface area contributed by atoms with Gasteiger partial charge in [-0.2, -0.15) is 0 Å². The molecule has 1 aromatic carbocycles. The van der Waals surface area contributed by atoms with Crippen LogP contribution in [0.2, 0.25) is 0 Å². The summed E-state index contributed by atoms with van der Waals surface area (Å²) >= 11 is 0. The maximum absolute atomic E-state index is 12.6. The first kappa shape index (κ1) is 11.8. The van der Waals surface area contributed by atoms with Gasteiger partial charge in [-0.25, -0.2) is 4.39 Å². The minimum atomic E-state index is -0.518. The molecule has 0 radical (unpaired) electrons. The highest BCUT2D eigenvalue weighted by molar-refractivity contribution is 5.85. The number of halogens is 1. The van der Waals surface area contributed by atoms with Crippen molar-refractivity contribution < 1.29 is 9.50 Å². The second-order valence-corrected chi connectivity index (χ2v) is 3.90. The third-order valence-corrected chi connectivity index (χ3v) is 2.62. The Morgan fingerprint density at radius 3 is 2.88 bits per heavy atom. The molecule has 0 saturated carbocycles. The van der Waals surface area contributed by atoms with Crippen molar-refractivity contribution in [3.8, 4) is 5.75 Å². The quantitative estimate of drug-likeness (QED) is 0.854. The predicted octanol–water partition coefficient (Wildman–Crippen LogP) is 2.52. The molecule has 1 aromatic heterocycles. The van der Waals surface area contributed by atoms with Crippen LogP contribution in [0.25, 0.3) is 10.9 Å². The van der Waals surface area contributed by atoms with Crippen LogP contribution < -0.4 is 5.32 Å². The number of alkyl halides is 1. The van der Waals surface area contributed by atoms with Gasteiger partial charge < -0.3 is 10.4 Å². The van der Waals surface area contributed by atoms with Crippen LogP contribution >= 0.6 is 0 Å². The van der Waals surface area contributed by atoms with E-state index in [9.17, 15) is 9.50 Å². The molecule has 3 nitrogen and oxygen atoms in total. The Balaban J connectivity index is 2.46. The van der Waals surface area contributed by atoms with E-state index in [1.54, 1.807) is 24.3 Å². The second kappa shape index (κ2) is 5.10. The number of fused-ring (bicyclic) bond motifs is 1. The van der Waals surface area contributed by atoms with Crippen molar-refractivity contribution in [2.45, 2.75) is 20.1 Å². The number of aromatic nitrogens is 1. The van der Waals surface area contributed by atoms with Crippen molar-refractivity contribution in [3.63, 3.8) is 0 Å². The molecule has 0 aliphatic rings. The summed E-state index contributed by atoms with van der Waals surface area (Å²) in [7, 11) is 0. The monoisotopic (exact) mass is 234 g/mol. The average Bonchev–Trinajstić information content (AvgIpc) is 2.35. The molecule has 0 fully saturated rings. The molecule has 0 atom stereocenters. The highest BCUT2D eigenvalue weighted by Crippen LogP contribution is 2.25. The summed E-state index contributed by atoms with van der Waals surface area (Å²) in [6.45, 7) is 2.92. The summed E-state index contributed by atoms with van der Waals surface area (Å²) in [6.07, 6.45) is 0. The SMILES string of the molecule is CCNCc1cc(O)c2ccc(CF)cc2n1. The summed E-state index contributed by atoms with van der Waals surface area (Å²) in [5, 5.41) is 13.6. The maximum atomic E-state index is 12.6. The Morgan fingerprint density at radius 2 is 2.18 bits per heavy atom. The van der Waals surface area contributed by atoms with E-state index in [4.69, 9.17) is 0 Å². The van der Waals surface area contributed by atoms with Gasteiger partial charge in [0.2, 0.25) is 0 Å². The molecule has 4 heteroatoms. The average molecular weight is 234 g/mol. The highest BCUT2D eigenvalue weighted by Gasteiger charge is 2.05. The van der Waals surface area contributed by atoms with Crippen molar-refractivity contribution >= 4 is 10.9 Å². The molecule has 2 rings (SSSR count). The Bertz CT molecular complexity index is 528. The minimum Gasteiger partial charge on any atom is -0.507 e. The van der Waals surface area contributed by atoms with E-state index in [1.165, 1.54) is 0 Å². The molecular formula is C13H15FN2O. The van der Waals surface area contributed by atoms with Gasteiger partial charge in [-0.1, -0.05) is 13.0 Å². The topological polar surface area (TPSA) is 45.1 Å². The Morgan fingerprint density at radius 1 is 1.35 bits per heavy atom. The van der Waals surface area contributed by atoms with Gasteiger partial charge in [0.05, 0.1) is 11.2 Å². The van der Waals surface area contributed by atoms with Crippen LogP contribution in [0.4, 0.5) is 4.39 Å². The summed E-state index contributed by atoms with van der Waals surface area (Å²) in [6, 6.07) is 6.67. The third kappa shape index (κ3) is 2.53. The van der Waals surface area contributed by atoms with Crippen LogP contribution in [0.3, 0.4) is 0 Å². The van der Waals surface area contributed by atoms with Crippen molar-refractivity contribution in [2.24, 2.45) is 0 Å². The van der Waals surface area contributed by atoms with Crippen LogP contribution in [-0.4, -0.2) is 16.6 Å². The smallest absolute Gasteiger partial charge is 0.126 e. The summed E-state index contributed by atoms with van der Waals surface area (Å²) < 4.78 is 12.6. The van der Waals surface area contributed by atoms with Gasteiger partial charge in [0.1, 0.15) is 12.4 Å². The lowest BCUT2D eigenvalue weighted by atomic mass is 10.1. The van der Waals surface area contributed by atoms with E-state index in [-0.39, 0.29) is 5.75 Å². The normalized spacial score (nSPS) is 10.9. The molecule has 17 heavy (non-hydrogen) atoms. The maximum Gasteiger partial charge on any atom is 0.126 e. The number of rotatable bonds is 4. The van der Waals surface area contributed by atoms with Crippen molar-refractivity contribution in [2.75, 3.05) is 6.54 Å². The fourth-order valence-electron chi connectivity index (χ4n) is 1.74. The number of hydrogen-bond donors (Lipinski definition) is 2. The molecule has 2 N–H and O–H groups in total. The fourth-order valence-corrected chi connectivity index (χ4v) is 1.74. The highest BCUT2D eigenvalue weighted by atomic mass is 19.1. The molecule has 0 saturated heterocycles. The third-order valence-electron chi connectivity index (χ3n) is 2.62. The molecule has 90 valence electrons. The number of hydrogen-bond acceptors (Lipinski definition) is 3. The molecule has 1 heterocycles. The number of pyridine rings is 1. The lowest BCUT2D eigenvalue weighted by Gasteiger charge is -2.06. The Hall–Kier alpha value is -1.68. The Labute approximate surface area is 99.3 Å². The minimum absolute atomic E-state index is 0.188. The molecule has 0 bridgehead atoms. The summed E-state index contributed by atoms with van der Waals surface area (Å²) in [4.78, 5) is 4.39. The van der Waals surface area contributed by atoms with Crippen molar-refractivity contribution in [1.29, 1.82) is 0 Å². The van der Waals surface area contributed by atoms with Gasteiger partial charge >= 0.3 is 0 Å². The van der Waals surface area contributed by atoms with Crippen LogP contribution in [0.5, 0.6) is 5.75 Å². The number of nitrogens with zero attached hydrogens (tertiary/aromatic N) is 1. The second-order valence-electron chi connectivity index (χ2n) is 3.90. The molecular weight excluding hydrogens is 219 g/mol. The van der Waals surface area contributed by atoms with E-state index in [1.807, 2.05) is 6.92 Å². The van der Waals surface area contributed by atoms with Crippen molar-refractivity contribution in [1.82, 2.24) is 10.3 Å². The molecule has 0 aliphatic carbocycles. The molecule has 2 aromatic rings. The van der Waals surface area contributed by atoms with E-state index in [0.29, 0.717) is 23.0 Å². The first-order valence-corrected chi connectivity index (χ1v) is 5.62. The summed E-state index contributed by atoms with van der Waals surface area (Å²) in [5.41, 5.74) is 1.96. The van der Waals surface area contributed by atoms with Gasteiger partial charge in [0.25, 0.3) is 0 Å². The zero-order chi connectivity index (χ0) is 12.3. The van der Waals surface area contributed by atoms with Crippen LogP contribution in [0.15, 0.2) is 24.3 Å². The van der Waals surface area contributed by atoms with E-state index in [2.05, 4.69) is 10.3 Å². The standard InChI is InChI=1S/C13H15FN2O/c1-2-15-8-10-6-13(17)11-4-3-9(7-14)5-12(11)16-10/h3-6,15H,2,7-8H2,1H3,(H,16,17). The van der Waals surface area contributed by atoms with Gasteiger partial charge in [0.15, 0.2) is 0 Å². The van der Waals surface area contributed by atoms with Gasteiger partial charge in [-0.3, -0.25) is 4.98 Å². The van der Waals surface area contributed by atoms with E-state index >= 15 is 0 Å². The molecule has 0 aliphatic heterocycles. The molecule has 0 unspecified atom stereocenters. The summed E-state index contributed by atoms with van der Waals surface area (Å²) in [5.74, 6) is 0.188. The number of aromatic hydroxyl groups is 1. The lowest BCUT2D eigenvalue weighted by Crippen LogP contribution is -2.12. The van der Waals surface area contributed by atoms with Crippen LogP contribution in [0.1, 0.15) is 18.2 Å². The lowest BCUT2D eigenvalue weighted by molar-refractivity contribution is 0.478. The first-order valence-electron chi connectivity index (χ1n) is 5.62. The van der Waals surface area contributed by atoms with Gasteiger partial charge in [0, 0.05) is 18.0 Å². The van der Waals surface area contributed by atoms with Crippen molar-refractivity contribution in [3.05, 3.63) is 35.5 Å². The van der Waals surface area contributed by atoms with Crippen LogP contribution in [-0.2, 0) is 13.2 Å².